The Morgan fingerprint density at radius 2 is 1.70 bits per heavy atom. The first-order valence-corrected chi connectivity index (χ1v) is 9.27. The van der Waals surface area contributed by atoms with Crippen molar-refractivity contribution in [3.8, 4) is 0 Å². The van der Waals surface area contributed by atoms with Crippen LogP contribution in [0.3, 0.4) is 0 Å². The van der Waals surface area contributed by atoms with Crippen molar-refractivity contribution in [2.75, 3.05) is 13.4 Å². The van der Waals surface area contributed by atoms with Crippen LogP contribution in [0.25, 0.3) is 0 Å². The lowest BCUT2D eigenvalue weighted by Gasteiger charge is -2.60. The second-order valence-corrected chi connectivity index (χ2v) is 8.71. The van der Waals surface area contributed by atoms with Gasteiger partial charge in [0, 0.05) is 13.0 Å². The van der Waals surface area contributed by atoms with E-state index < -0.39 is 5.41 Å². The van der Waals surface area contributed by atoms with Crippen molar-refractivity contribution in [3.05, 3.63) is 0 Å². The number of hydrogen-bond donors (Lipinski definition) is 0. The molecule has 0 aromatic rings. The molecule has 0 amide bonds. The highest BCUT2D eigenvalue weighted by atomic mass is 16.7. The van der Waals surface area contributed by atoms with E-state index in [1.54, 1.807) is 0 Å². The zero-order valence-corrected chi connectivity index (χ0v) is 15.2. The van der Waals surface area contributed by atoms with Gasteiger partial charge in [0.15, 0.2) is 0 Å². The van der Waals surface area contributed by atoms with Crippen LogP contribution in [0.4, 0.5) is 0 Å². The molecule has 4 aliphatic carbocycles. The molecular formula is C19H32O4. The summed E-state index contributed by atoms with van der Waals surface area (Å²) < 4.78 is 17.8. The quantitative estimate of drug-likeness (QED) is 0.402. The first-order valence-electron chi connectivity index (χ1n) is 9.27. The van der Waals surface area contributed by atoms with Crippen LogP contribution in [0, 0.1) is 17.3 Å². The van der Waals surface area contributed by atoms with Gasteiger partial charge in [-0.2, -0.15) is 0 Å². The number of esters is 1. The Hall–Kier alpha value is -0.610. The standard InChI is InChI=1S/C19H32O4/c1-5-17(3,4)16(20)23-19-10-14-7-15(11-19)9-18(8-14,12-19)22-13-21-6-2/h14-15H,5-13H2,1-4H3. The Morgan fingerprint density at radius 3 is 2.26 bits per heavy atom. The number of carbonyl (C=O) groups excluding carboxylic acids is 1. The van der Waals surface area contributed by atoms with E-state index in [-0.39, 0.29) is 17.2 Å². The van der Waals surface area contributed by atoms with E-state index in [1.807, 2.05) is 27.7 Å². The molecule has 0 radical (unpaired) electrons. The highest BCUT2D eigenvalue weighted by molar-refractivity contribution is 5.76. The third-order valence-corrected chi connectivity index (χ3v) is 6.35. The lowest BCUT2D eigenvalue weighted by Crippen LogP contribution is -2.62. The van der Waals surface area contributed by atoms with Crippen LogP contribution in [0.2, 0.25) is 0 Å². The summed E-state index contributed by atoms with van der Waals surface area (Å²) in [5.74, 6) is 1.23. The van der Waals surface area contributed by atoms with E-state index >= 15 is 0 Å². The minimum absolute atomic E-state index is 0.0399. The maximum absolute atomic E-state index is 12.7. The zero-order valence-electron chi connectivity index (χ0n) is 15.2. The van der Waals surface area contributed by atoms with Gasteiger partial charge < -0.3 is 14.2 Å². The van der Waals surface area contributed by atoms with E-state index in [0.717, 1.165) is 38.5 Å². The molecular weight excluding hydrogens is 292 g/mol. The van der Waals surface area contributed by atoms with Gasteiger partial charge in [0.2, 0.25) is 0 Å². The third-order valence-electron chi connectivity index (χ3n) is 6.35. The highest BCUT2D eigenvalue weighted by Gasteiger charge is 2.60. The molecule has 0 heterocycles. The number of ether oxygens (including phenoxy) is 3. The highest BCUT2D eigenvalue weighted by Crippen LogP contribution is 2.60. The molecule has 2 unspecified atom stereocenters. The smallest absolute Gasteiger partial charge is 0.312 e. The van der Waals surface area contributed by atoms with E-state index in [4.69, 9.17) is 14.2 Å². The lowest BCUT2D eigenvalue weighted by molar-refractivity contribution is -0.256. The summed E-state index contributed by atoms with van der Waals surface area (Å²) in [4.78, 5) is 12.7. The fraction of sp³-hybridized carbons (Fsp3) is 0.947. The predicted octanol–water partition coefficient (Wildman–Crippen LogP) is 4.07. The van der Waals surface area contributed by atoms with E-state index in [1.165, 1.54) is 6.42 Å². The summed E-state index contributed by atoms with van der Waals surface area (Å²) >= 11 is 0. The molecule has 4 heteroatoms. The summed E-state index contributed by atoms with van der Waals surface area (Å²) in [6.07, 6.45) is 7.19. The van der Waals surface area contributed by atoms with Crippen LogP contribution in [-0.4, -0.2) is 30.6 Å². The third kappa shape index (κ3) is 3.30. The molecule has 0 spiro atoms. The van der Waals surface area contributed by atoms with Crippen LogP contribution < -0.4 is 0 Å². The Bertz CT molecular complexity index is 442. The molecule has 2 atom stereocenters. The fourth-order valence-electron chi connectivity index (χ4n) is 5.11. The monoisotopic (exact) mass is 324 g/mol. The summed E-state index contributed by atoms with van der Waals surface area (Å²) in [5, 5.41) is 0. The zero-order chi connectivity index (χ0) is 16.7. The Labute approximate surface area is 140 Å². The molecule has 23 heavy (non-hydrogen) atoms. The van der Waals surface area contributed by atoms with E-state index in [2.05, 4.69) is 0 Å². The van der Waals surface area contributed by atoms with Gasteiger partial charge in [-0.1, -0.05) is 6.92 Å². The predicted molar refractivity (Wildman–Crippen MR) is 87.9 cm³/mol. The van der Waals surface area contributed by atoms with Gasteiger partial charge in [0.1, 0.15) is 12.4 Å². The van der Waals surface area contributed by atoms with Gasteiger partial charge in [0.05, 0.1) is 11.0 Å². The van der Waals surface area contributed by atoms with Crippen molar-refractivity contribution >= 4 is 5.97 Å². The van der Waals surface area contributed by atoms with Crippen molar-refractivity contribution in [1.29, 1.82) is 0 Å². The van der Waals surface area contributed by atoms with Crippen LogP contribution in [0.5, 0.6) is 0 Å². The number of rotatable bonds is 7. The molecule has 0 aromatic carbocycles. The van der Waals surface area contributed by atoms with Gasteiger partial charge in [-0.15, -0.1) is 0 Å². The van der Waals surface area contributed by atoms with Gasteiger partial charge in [-0.05, 0) is 71.1 Å². The van der Waals surface area contributed by atoms with Crippen molar-refractivity contribution in [2.24, 2.45) is 17.3 Å². The van der Waals surface area contributed by atoms with Crippen LogP contribution >= 0.6 is 0 Å². The molecule has 4 nitrogen and oxygen atoms in total. The second-order valence-electron chi connectivity index (χ2n) is 8.71. The summed E-state index contributed by atoms with van der Waals surface area (Å²) in [5.41, 5.74) is -0.821. The van der Waals surface area contributed by atoms with Gasteiger partial charge >= 0.3 is 5.97 Å². The molecule has 4 bridgehead atoms. The maximum Gasteiger partial charge on any atom is 0.312 e. The first kappa shape index (κ1) is 17.2. The molecule has 4 fully saturated rings. The molecule has 4 aliphatic rings. The number of carbonyl (C=O) groups is 1. The molecule has 0 N–H and O–H groups in total. The second kappa shape index (κ2) is 6.03. The normalized spacial score (nSPS) is 38.8. The maximum atomic E-state index is 12.7. The van der Waals surface area contributed by atoms with Crippen molar-refractivity contribution in [1.82, 2.24) is 0 Å². The van der Waals surface area contributed by atoms with Crippen molar-refractivity contribution < 1.29 is 19.0 Å². The molecule has 4 rings (SSSR count). The van der Waals surface area contributed by atoms with Crippen molar-refractivity contribution in [2.45, 2.75) is 83.8 Å². The van der Waals surface area contributed by atoms with E-state index in [9.17, 15) is 4.79 Å². The average molecular weight is 324 g/mol. The minimum atomic E-state index is -0.400. The van der Waals surface area contributed by atoms with Crippen LogP contribution in [0.1, 0.15) is 72.6 Å². The lowest BCUT2D eigenvalue weighted by atomic mass is 9.52. The Morgan fingerprint density at radius 1 is 1.09 bits per heavy atom. The molecule has 0 aromatic heterocycles. The minimum Gasteiger partial charge on any atom is -0.459 e. The largest absolute Gasteiger partial charge is 0.459 e. The van der Waals surface area contributed by atoms with Crippen LogP contribution in [-0.2, 0) is 19.0 Å². The SMILES string of the molecule is CCOCOC12CC3CC(C1)CC(OC(=O)C(C)(C)CC)(C3)C2. The van der Waals surface area contributed by atoms with Gasteiger partial charge in [-0.25, -0.2) is 0 Å². The van der Waals surface area contributed by atoms with Gasteiger partial charge in [0.25, 0.3) is 0 Å². The summed E-state index contributed by atoms with van der Waals surface area (Å²) in [6.45, 7) is 9.04. The molecule has 4 saturated carbocycles. The summed E-state index contributed by atoms with van der Waals surface area (Å²) in [6, 6.07) is 0. The average Bonchev–Trinajstić information content (AvgIpc) is 2.45. The van der Waals surface area contributed by atoms with Gasteiger partial charge in [-0.3, -0.25) is 4.79 Å². The topological polar surface area (TPSA) is 44.8 Å². The van der Waals surface area contributed by atoms with E-state index in [0.29, 0.717) is 25.2 Å². The Balaban J connectivity index is 1.74. The number of hydrogen-bond acceptors (Lipinski definition) is 4. The fourth-order valence-corrected chi connectivity index (χ4v) is 5.11. The first-order chi connectivity index (χ1) is 10.8. The van der Waals surface area contributed by atoms with Crippen molar-refractivity contribution in [3.63, 3.8) is 0 Å². The molecule has 132 valence electrons. The summed E-state index contributed by atoms with van der Waals surface area (Å²) in [7, 11) is 0. The molecule has 0 aliphatic heterocycles. The van der Waals surface area contributed by atoms with Crippen LogP contribution in [0.15, 0.2) is 0 Å². The Kier molecular flexibility index (Phi) is 4.52. The molecule has 0 saturated heterocycles.